The zero-order valence-corrected chi connectivity index (χ0v) is 18.8. The molecule has 2 aromatic carbocycles. The van der Waals surface area contributed by atoms with Crippen LogP contribution in [0.3, 0.4) is 0 Å². The number of nitrogens with zero attached hydrogens (tertiary/aromatic N) is 1. The van der Waals surface area contributed by atoms with Gasteiger partial charge in [0.25, 0.3) is 5.91 Å². The van der Waals surface area contributed by atoms with Crippen molar-refractivity contribution >= 4 is 40.2 Å². The van der Waals surface area contributed by atoms with E-state index in [1.807, 2.05) is 31.2 Å². The molecule has 1 aliphatic heterocycles. The van der Waals surface area contributed by atoms with Crippen LogP contribution in [0.25, 0.3) is 10.9 Å². The highest BCUT2D eigenvalue weighted by Crippen LogP contribution is 2.25. The summed E-state index contributed by atoms with van der Waals surface area (Å²) < 4.78 is 5.55. The zero-order chi connectivity index (χ0) is 22.8. The van der Waals surface area contributed by atoms with E-state index in [4.69, 9.17) is 16.3 Å². The second kappa shape index (κ2) is 9.17. The van der Waals surface area contributed by atoms with Gasteiger partial charge in [0.1, 0.15) is 0 Å². The van der Waals surface area contributed by atoms with E-state index in [0.717, 1.165) is 16.6 Å². The number of ether oxygens (including phenoxy) is 1. The molecule has 1 N–H and O–H groups in total. The maximum absolute atomic E-state index is 13.0. The number of H-pyrrole nitrogens is 1. The fourth-order valence-electron chi connectivity index (χ4n) is 4.21. The first-order chi connectivity index (χ1) is 15.3. The van der Waals surface area contributed by atoms with Crippen molar-refractivity contribution in [2.24, 2.45) is 5.92 Å². The van der Waals surface area contributed by atoms with Crippen LogP contribution in [-0.2, 0) is 9.53 Å². The van der Waals surface area contributed by atoms with Crippen LogP contribution in [-0.4, -0.2) is 46.7 Å². The highest BCUT2D eigenvalue weighted by Gasteiger charge is 2.31. The molecule has 0 saturated carbocycles. The van der Waals surface area contributed by atoms with Crippen LogP contribution >= 0.6 is 11.6 Å². The highest BCUT2D eigenvalue weighted by atomic mass is 35.5. The Kier molecular flexibility index (Phi) is 6.33. The number of aryl methyl sites for hydroxylation is 1. The number of aromatic amines is 1. The van der Waals surface area contributed by atoms with Gasteiger partial charge in [0.15, 0.2) is 6.10 Å². The number of nitrogens with one attached hydrogen (secondary N) is 1. The van der Waals surface area contributed by atoms with Crippen molar-refractivity contribution in [3.63, 3.8) is 0 Å². The molecule has 4 rings (SSSR count). The van der Waals surface area contributed by atoms with Crippen molar-refractivity contribution in [3.8, 4) is 0 Å². The number of halogens is 1. The number of carbonyl (C=O) groups excluding carboxylic acids is 3. The molecule has 7 heteroatoms. The van der Waals surface area contributed by atoms with E-state index in [0.29, 0.717) is 42.1 Å². The monoisotopic (exact) mass is 452 g/mol. The molecule has 0 radical (unpaired) electrons. The number of fused-ring (bicyclic) bond motifs is 1. The Hall–Kier alpha value is -3.12. The molecule has 0 aliphatic carbocycles. The maximum Gasteiger partial charge on any atom is 0.309 e. The molecular weight excluding hydrogens is 428 g/mol. The Labute approximate surface area is 191 Å². The van der Waals surface area contributed by atoms with Crippen molar-refractivity contribution < 1.29 is 19.1 Å². The average Bonchev–Trinajstić information content (AvgIpc) is 3.14. The summed E-state index contributed by atoms with van der Waals surface area (Å²) in [6.07, 6.45) is 0.130. The molecule has 3 aromatic rings. The number of carbonyl (C=O) groups is 3. The number of aromatic nitrogens is 1. The first-order valence-corrected chi connectivity index (χ1v) is 11.1. The Balaban J connectivity index is 1.35. The van der Waals surface area contributed by atoms with Gasteiger partial charge in [-0.05, 0) is 57.0 Å². The Bertz CT molecular complexity index is 1160. The number of piperidine rings is 1. The molecule has 0 spiro atoms. The molecule has 0 bridgehead atoms. The molecule has 1 aliphatic rings. The summed E-state index contributed by atoms with van der Waals surface area (Å²) in [5.74, 6) is -1.01. The van der Waals surface area contributed by atoms with E-state index in [2.05, 4.69) is 4.98 Å². The molecular formula is C25H25ClN2O4. The summed E-state index contributed by atoms with van der Waals surface area (Å²) in [7, 11) is 0. The molecule has 6 nitrogen and oxygen atoms in total. The van der Waals surface area contributed by atoms with Crippen molar-refractivity contribution in [2.75, 3.05) is 13.1 Å². The standard InChI is InChI=1S/C25H25ClN2O4/c1-15-22(20-5-3-4-6-21(20)27-15)23(29)16(2)32-25(31)18-11-13-28(14-12-18)24(30)17-7-9-19(26)10-8-17/h3-10,16,18,27H,11-14H2,1-2H3/t16-/m1/s1. The molecule has 0 unspecified atom stereocenters. The number of hydrogen-bond donors (Lipinski definition) is 1. The Morgan fingerprint density at radius 2 is 1.72 bits per heavy atom. The van der Waals surface area contributed by atoms with E-state index < -0.39 is 6.10 Å². The normalized spacial score (nSPS) is 15.5. The zero-order valence-electron chi connectivity index (χ0n) is 18.1. The third-order valence-corrected chi connectivity index (χ3v) is 6.26. The Morgan fingerprint density at radius 3 is 2.41 bits per heavy atom. The quantitative estimate of drug-likeness (QED) is 0.445. The second-order valence-corrected chi connectivity index (χ2v) is 8.62. The van der Waals surface area contributed by atoms with Crippen molar-refractivity contribution in [3.05, 3.63) is 70.4 Å². The van der Waals surface area contributed by atoms with Crippen LogP contribution in [0, 0.1) is 12.8 Å². The van der Waals surface area contributed by atoms with Crippen LogP contribution in [0.5, 0.6) is 0 Å². The molecule has 1 saturated heterocycles. The summed E-state index contributed by atoms with van der Waals surface area (Å²) in [6.45, 7) is 4.38. The summed E-state index contributed by atoms with van der Waals surface area (Å²) in [4.78, 5) is 43.3. The minimum absolute atomic E-state index is 0.0770. The third-order valence-electron chi connectivity index (χ3n) is 6.01. The van der Waals surface area contributed by atoms with E-state index in [1.54, 1.807) is 36.1 Å². The smallest absolute Gasteiger partial charge is 0.309 e. The predicted molar refractivity (Wildman–Crippen MR) is 123 cm³/mol. The lowest BCUT2D eigenvalue weighted by atomic mass is 9.96. The number of ketones is 1. The minimum Gasteiger partial charge on any atom is -0.454 e. The summed E-state index contributed by atoms with van der Waals surface area (Å²) in [6, 6.07) is 14.3. The summed E-state index contributed by atoms with van der Waals surface area (Å²) in [5.41, 5.74) is 2.77. The number of benzene rings is 2. The number of para-hydroxylation sites is 1. The lowest BCUT2D eigenvalue weighted by Crippen LogP contribution is -2.41. The van der Waals surface area contributed by atoms with E-state index in [1.165, 1.54) is 0 Å². The molecule has 166 valence electrons. The third kappa shape index (κ3) is 4.41. The van der Waals surface area contributed by atoms with Gasteiger partial charge >= 0.3 is 5.97 Å². The average molecular weight is 453 g/mol. The van der Waals surface area contributed by atoms with Gasteiger partial charge in [0.2, 0.25) is 5.78 Å². The number of rotatable bonds is 5. The van der Waals surface area contributed by atoms with Gasteiger partial charge in [-0.3, -0.25) is 14.4 Å². The fraction of sp³-hybridized carbons (Fsp3) is 0.320. The maximum atomic E-state index is 13.0. The van der Waals surface area contributed by atoms with Gasteiger partial charge in [-0.1, -0.05) is 29.8 Å². The topological polar surface area (TPSA) is 79.5 Å². The van der Waals surface area contributed by atoms with Gasteiger partial charge in [-0.15, -0.1) is 0 Å². The molecule has 1 amide bonds. The van der Waals surface area contributed by atoms with Crippen LogP contribution in [0.15, 0.2) is 48.5 Å². The van der Waals surface area contributed by atoms with Gasteiger partial charge < -0.3 is 14.6 Å². The van der Waals surface area contributed by atoms with E-state index in [-0.39, 0.29) is 23.6 Å². The van der Waals surface area contributed by atoms with Crippen molar-refractivity contribution in [2.45, 2.75) is 32.8 Å². The van der Waals surface area contributed by atoms with Crippen LogP contribution in [0.4, 0.5) is 0 Å². The Morgan fingerprint density at radius 1 is 1.06 bits per heavy atom. The second-order valence-electron chi connectivity index (χ2n) is 8.19. The van der Waals surface area contributed by atoms with E-state index in [9.17, 15) is 14.4 Å². The van der Waals surface area contributed by atoms with E-state index >= 15 is 0 Å². The summed E-state index contributed by atoms with van der Waals surface area (Å²) >= 11 is 5.89. The first-order valence-electron chi connectivity index (χ1n) is 10.7. The fourth-order valence-corrected chi connectivity index (χ4v) is 4.34. The molecule has 1 aromatic heterocycles. The van der Waals surface area contributed by atoms with Crippen LogP contribution in [0.1, 0.15) is 46.2 Å². The predicted octanol–water partition coefficient (Wildman–Crippen LogP) is 4.80. The molecule has 1 fully saturated rings. The molecule has 1 atom stereocenters. The lowest BCUT2D eigenvalue weighted by molar-refractivity contribution is -0.152. The van der Waals surface area contributed by atoms with Gasteiger partial charge in [-0.2, -0.15) is 0 Å². The number of amides is 1. The summed E-state index contributed by atoms with van der Waals surface area (Å²) in [5, 5.41) is 1.40. The first kappa shape index (κ1) is 22.1. The molecule has 32 heavy (non-hydrogen) atoms. The van der Waals surface area contributed by atoms with Crippen molar-refractivity contribution in [1.29, 1.82) is 0 Å². The van der Waals surface area contributed by atoms with Gasteiger partial charge in [0.05, 0.1) is 5.92 Å². The lowest BCUT2D eigenvalue weighted by Gasteiger charge is -2.31. The largest absolute Gasteiger partial charge is 0.454 e. The minimum atomic E-state index is -0.880. The van der Waals surface area contributed by atoms with Crippen LogP contribution in [0.2, 0.25) is 5.02 Å². The van der Waals surface area contributed by atoms with Crippen LogP contribution < -0.4 is 0 Å². The highest BCUT2D eigenvalue weighted by molar-refractivity contribution is 6.30. The van der Waals surface area contributed by atoms with Gasteiger partial charge in [0, 0.05) is 45.8 Å². The number of likely N-dealkylation sites (tertiary alicyclic amines) is 1. The SMILES string of the molecule is Cc1[nH]c2ccccc2c1C(=O)[C@@H](C)OC(=O)C1CCN(C(=O)c2ccc(Cl)cc2)CC1. The number of esters is 1. The van der Waals surface area contributed by atoms with Gasteiger partial charge in [-0.25, -0.2) is 0 Å². The molecule has 2 heterocycles. The van der Waals surface area contributed by atoms with Crippen molar-refractivity contribution in [1.82, 2.24) is 9.88 Å². The number of Topliss-reactive ketones (excluding diaryl/α,β-unsaturated/α-hetero) is 1. The number of hydrogen-bond acceptors (Lipinski definition) is 4.